The molecule has 1 aromatic heterocycles. The van der Waals surface area contributed by atoms with Crippen molar-refractivity contribution in [2.45, 2.75) is 26.1 Å². The molecular weight excluding hydrogens is 346 g/mol. The van der Waals surface area contributed by atoms with Crippen molar-refractivity contribution < 1.29 is 27.5 Å². The molecule has 2 amide bonds. The van der Waals surface area contributed by atoms with Gasteiger partial charge in [0.25, 0.3) is 0 Å². The Morgan fingerprint density at radius 1 is 1.35 bits per heavy atom. The van der Waals surface area contributed by atoms with Gasteiger partial charge in [0.1, 0.15) is 11.5 Å². The van der Waals surface area contributed by atoms with Gasteiger partial charge in [0.2, 0.25) is 11.8 Å². The van der Waals surface area contributed by atoms with Crippen LogP contribution in [0.2, 0.25) is 0 Å². The van der Waals surface area contributed by atoms with Gasteiger partial charge in [0.15, 0.2) is 0 Å². The van der Waals surface area contributed by atoms with E-state index >= 15 is 0 Å². The van der Waals surface area contributed by atoms with Gasteiger partial charge in [-0.25, -0.2) is 0 Å². The second-order valence-corrected chi connectivity index (χ2v) is 6.00. The van der Waals surface area contributed by atoms with Crippen molar-refractivity contribution in [1.82, 2.24) is 10.2 Å². The fraction of sp³-hybridized carbons (Fsp3) is 0.333. The first-order chi connectivity index (χ1) is 12.5. The first-order valence-electron chi connectivity index (χ1n) is 8.13. The van der Waals surface area contributed by atoms with Crippen LogP contribution in [0, 0.1) is 5.92 Å². The first-order valence-corrected chi connectivity index (χ1v) is 8.13. The number of benzene rings is 1. The average molecular weight is 364 g/mol. The van der Waals surface area contributed by atoms with Crippen molar-refractivity contribution in [2.75, 3.05) is 6.54 Å². The van der Waals surface area contributed by atoms with Crippen molar-refractivity contribution in [2.24, 2.45) is 5.92 Å². The first kappa shape index (κ1) is 17.9. The molecule has 1 atom stereocenters. The minimum atomic E-state index is -2.90. The van der Waals surface area contributed by atoms with Crippen LogP contribution in [0.3, 0.4) is 0 Å². The molecule has 0 bridgehead atoms. The summed E-state index contributed by atoms with van der Waals surface area (Å²) in [7, 11) is 0. The summed E-state index contributed by atoms with van der Waals surface area (Å²) in [5.74, 6) is -0.102. The van der Waals surface area contributed by atoms with Crippen LogP contribution in [0.4, 0.5) is 8.78 Å². The number of furan rings is 1. The summed E-state index contributed by atoms with van der Waals surface area (Å²) in [6.45, 7) is -2.07. The van der Waals surface area contributed by atoms with E-state index in [-0.39, 0.29) is 30.5 Å². The number of halogens is 2. The molecule has 1 aromatic carbocycles. The molecule has 0 saturated carbocycles. The quantitative estimate of drug-likeness (QED) is 0.820. The standard InChI is InChI=1S/C18H18F2N2O4/c19-18(20)26-14-4-1-3-12(7-14)9-21-17(24)13-8-16(23)22(10-13)11-15-5-2-6-25-15/h1-7,13,18H,8-11H2,(H,21,24). The fourth-order valence-electron chi connectivity index (χ4n) is 2.86. The predicted molar refractivity (Wildman–Crippen MR) is 87.2 cm³/mol. The van der Waals surface area contributed by atoms with E-state index in [0.717, 1.165) is 0 Å². The summed E-state index contributed by atoms with van der Waals surface area (Å²) in [6, 6.07) is 9.64. The lowest BCUT2D eigenvalue weighted by Gasteiger charge is -2.15. The molecule has 26 heavy (non-hydrogen) atoms. The molecule has 0 radical (unpaired) electrons. The van der Waals surface area contributed by atoms with Gasteiger partial charge >= 0.3 is 6.61 Å². The summed E-state index contributed by atoms with van der Waals surface area (Å²) >= 11 is 0. The zero-order chi connectivity index (χ0) is 18.5. The molecule has 1 N–H and O–H groups in total. The Morgan fingerprint density at radius 3 is 2.92 bits per heavy atom. The molecule has 6 nitrogen and oxygen atoms in total. The van der Waals surface area contributed by atoms with Crippen LogP contribution in [-0.4, -0.2) is 29.9 Å². The maximum absolute atomic E-state index is 12.3. The third kappa shape index (κ3) is 4.59. The SMILES string of the molecule is O=C(NCc1cccc(OC(F)F)c1)C1CC(=O)N(Cc2ccco2)C1. The Bertz CT molecular complexity index is 764. The summed E-state index contributed by atoms with van der Waals surface area (Å²) in [5, 5.41) is 2.74. The third-order valence-electron chi connectivity index (χ3n) is 4.10. The van der Waals surface area contributed by atoms with Gasteiger partial charge in [-0.2, -0.15) is 8.78 Å². The highest BCUT2D eigenvalue weighted by Crippen LogP contribution is 2.21. The van der Waals surface area contributed by atoms with E-state index in [1.165, 1.54) is 18.4 Å². The molecule has 1 unspecified atom stereocenters. The molecule has 1 aliphatic heterocycles. The van der Waals surface area contributed by atoms with E-state index in [2.05, 4.69) is 10.1 Å². The van der Waals surface area contributed by atoms with Crippen LogP contribution in [0.25, 0.3) is 0 Å². The average Bonchev–Trinajstić information content (AvgIpc) is 3.23. The van der Waals surface area contributed by atoms with Crippen LogP contribution in [-0.2, 0) is 22.7 Å². The molecular formula is C18H18F2N2O4. The number of likely N-dealkylation sites (tertiary alicyclic amines) is 1. The van der Waals surface area contributed by atoms with E-state index in [1.807, 2.05) is 0 Å². The minimum absolute atomic E-state index is 0.0346. The van der Waals surface area contributed by atoms with E-state index in [9.17, 15) is 18.4 Å². The van der Waals surface area contributed by atoms with Crippen LogP contribution in [0.15, 0.2) is 47.1 Å². The monoisotopic (exact) mass is 364 g/mol. The van der Waals surface area contributed by atoms with Crippen LogP contribution >= 0.6 is 0 Å². The smallest absolute Gasteiger partial charge is 0.387 e. The van der Waals surface area contributed by atoms with Gasteiger partial charge in [-0.05, 0) is 29.8 Å². The number of nitrogens with zero attached hydrogens (tertiary/aromatic N) is 1. The van der Waals surface area contributed by atoms with Crippen LogP contribution in [0.5, 0.6) is 5.75 Å². The number of carbonyl (C=O) groups excluding carboxylic acids is 2. The lowest BCUT2D eigenvalue weighted by Crippen LogP contribution is -2.32. The molecule has 1 saturated heterocycles. The highest BCUT2D eigenvalue weighted by molar-refractivity contribution is 5.89. The van der Waals surface area contributed by atoms with Crippen molar-refractivity contribution in [3.63, 3.8) is 0 Å². The zero-order valence-electron chi connectivity index (χ0n) is 13.9. The predicted octanol–water partition coefficient (Wildman–Crippen LogP) is 2.55. The maximum atomic E-state index is 12.3. The number of ether oxygens (including phenoxy) is 1. The topological polar surface area (TPSA) is 71.8 Å². The van der Waals surface area contributed by atoms with Gasteiger partial charge < -0.3 is 19.4 Å². The van der Waals surface area contributed by atoms with Gasteiger partial charge in [0.05, 0.1) is 18.7 Å². The van der Waals surface area contributed by atoms with E-state index in [4.69, 9.17) is 4.42 Å². The molecule has 0 spiro atoms. The molecule has 1 aliphatic rings. The number of nitrogens with one attached hydrogen (secondary N) is 1. The van der Waals surface area contributed by atoms with Gasteiger partial charge in [-0.3, -0.25) is 9.59 Å². The molecule has 138 valence electrons. The minimum Gasteiger partial charge on any atom is -0.467 e. The largest absolute Gasteiger partial charge is 0.467 e. The molecule has 1 fully saturated rings. The summed E-state index contributed by atoms with van der Waals surface area (Å²) < 4.78 is 34.0. The van der Waals surface area contributed by atoms with E-state index in [1.54, 1.807) is 29.2 Å². The van der Waals surface area contributed by atoms with Crippen molar-refractivity contribution >= 4 is 11.8 Å². The number of carbonyl (C=O) groups is 2. The van der Waals surface area contributed by atoms with Crippen LogP contribution in [0.1, 0.15) is 17.7 Å². The normalized spacial score (nSPS) is 17.0. The molecule has 8 heteroatoms. The Labute approximate surface area is 148 Å². The Kier molecular flexibility index (Phi) is 5.50. The number of alkyl halides is 2. The Hall–Kier alpha value is -2.90. The second-order valence-electron chi connectivity index (χ2n) is 6.00. The summed E-state index contributed by atoms with van der Waals surface area (Å²) in [5.41, 5.74) is 0.633. The van der Waals surface area contributed by atoms with Gasteiger partial charge in [0, 0.05) is 19.5 Å². The van der Waals surface area contributed by atoms with Crippen molar-refractivity contribution in [3.05, 3.63) is 54.0 Å². The molecule has 2 heterocycles. The molecule has 0 aliphatic carbocycles. The summed E-state index contributed by atoms with van der Waals surface area (Å²) in [4.78, 5) is 25.9. The number of hydrogen-bond acceptors (Lipinski definition) is 4. The number of rotatable bonds is 7. The maximum Gasteiger partial charge on any atom is 0.387 e. The molecule has 3 rings (SSSR count). The van der Waals surface area contributed by atoms with E-state index in [0.29, 0.717) is 24.4 Å². The van der Waals surface area contributed by atoms with E-state index < -0.39 is 12.5 Å². The third-order valence-corrected chi connectivity index (χ3v) is 4.10. The highest BCUT2D eigenvalue weighted by atomic mass is 19.3. The van der Waals surface area contributed by atoms with Crippen molar-refractivity contribution in [1.29, 1.82) is 0 Å². The summed E-state index contributed by atoms with van der Waals surface area (Å²) in [6.07, 6.45) is 1.67. The Balaban J connectivity index is 1.51. The van der Waals surface area contributed by atoms with Crippen LogP contribution < -0.4 is 10.1 Å². The Morgan fingerprint density at radius 2 is 2.19 bits per heavy atom. The fourth-order valence-corrected chi connectivity index (χ4v) is 2.86. The number of hydrogen-bond donors (Lipinski definition) is 1. The van der Waals surface area contributed by atoms with Gasteiger partial charge in [-0.1, -0.05) is 12.1 Å². The zero-order valence-corrected chi connectivity index (χ0v) is 13.9. The lowest BCUT2D eigenvalue weighted by molar-refractivity contribution is -0.129. The van der Waals surface area contributed by atoms with Gasteiger partial charge in [-0.15, -0.1) is 0 Å². The second kappa shape index (κ2) is 7.99. The lowest BCUT2D eigenvalue weighted by atomic mass is 10.1. The number of amides is 2. The highest BCUT2D eigenvalue weighted by Gasteiger charge is 2.34. The molecule has 2 aromatic rings. The van der Waals surface area contributed by atoms with Crippen molar-refractivity contribution in [3.8, 4) is 5.75 Å².